The number of anilines is 1. The maximum absolute atomic E-state index is 3.74. The van der Waals surface area contributed by atoms with E-state index >= 15 is 0 Å². The van der Waals surface area contributed by atoms with Crippen LogP contribution >= 0.6 is 0 Å². The predicted molar refractivity (Wildman–Crippen MR) is 85.2 cm³/mol. The number of para-hydroxylation sites is 1. The zero-order valence-corrected chi connectivity index (χ0v) is 12.2. The molecule has 2 atom stereocenters. The standard InChI is InChI=1S/C18H22N2/c1-3-19-13(2)18-16-10-6-4-8-14(16)12-15-9-5-7-11-17(15)20-18/h4-11,13,18-20H,3,12H2,1-2H3. The zero-order valence-electron chi connectivity index (χ0n) is 12.2. The van der Waals surface area contributed by atoms with E-state index in [0.29, 0.717) is 12.1 Å². The van der Waals surface area contributed by atoms with Crippen LogP contribution in [0.15, 0.2) is 48.5 Å². The second-order valence-electron chi connectivity index (χ2n) is 5.50. The Hall–Kier alpha value is -1.80. The van der Waals surface area contributed by atoms with Gasteiger partial charge in [-0.15, -0.1) is 0 Å². The Bertz CT molecular complexity index is 591. The molecule has 2 unspecified atom stereocenters. The van der Waals surface area contributed by atoms with Crippen LogP contribution < -0.4 is 10.6 Å². The fraction of sp³-hybridized carbons (Fsp3) is 0.333. The molecule has 104 valence electrons. The van der Waals surface area contributed by atoms with E-state index in [0.717, 1.165) is 13.0 Å². The third kappa shape index (κ3) is 2.44. The van der Waals surface area contributed by atoms with Crippen LogP contribution in [0.1, 0.15) is 36.6 Å². The molecule has 0 spiro atoms. The Kier molecular flexibility index (Phi) is 3.75. The summed E-state index contributed by atoms with van der Waals surface area (Å²) in [6.07, 6.45) is 1.01. The number of rotatable bonds is 3. The van der Waals surface area contributed by atoms with Crippen molar-refractivity contribution in [3.05, 3.63) is 65.2 Å². The Balaban J connectivity index is 2.05. The van der Waals surface area contributed by atoms with Gasteiger partial charge >= 0.3 is 0 Å². The van der Waals surface area contributed by atoms with Crippen molar-refractivity contribution in [3.8, 4) is 0 Å². The lowest BCUT2D eigenvalue weighted by molar-refractivity contribution is 0.502. The summed E-state index contributed by atoms with van der Waals surface area (Å²) in [4.78, 5) is 0. The maximum Gasteiger partial charge on any atom is 0.0667 e. The van der Waals surface area contributed by atoms with Crippen LogP contribution in [0.5, 0.6) is 0 Å². The third-order valence-electron chi connectivity index (χ3n) is 4.13. The normalized spacial score (nSPS) is 18.4. The molecule has 2 heteroatoms. The lowest BCUT2D eigenvalue weighted by Gasteiger charge is -2.27. The second kappa shape index (κ2) is 5.68. The van der Waals surface area contributed by atoms with E-state index in [4.69, 9.17) is 0 Å². The predicted octanol–water partition coefficient (Wildman–Crippen LogP) is 3.74. The molecule has 1 heterocycles. The van der Waals surface area contributed by atoms with E-state index in [1.807, 2.05) is 0 Å². The van der Waals surface area contributed by atoms with E-state index in [1.54, 1.807) is 0 Å². The molecule has 0 saturated heterocycles. The SMILES string of the molecule is CCNC(C)C1Nc2ccccc2Cc2ccccc21. The molecular formula is C18H22N2. The van der Waals surface area contributed by atoms with Crippen molar-refractivity contribution in [2.75, 3.05) is 11.9 Å². The molecule has 20 heavy (non-hydrogen) atoms. The summed E-state index contributed by atoms with van der Waals surface area (Å²) in [6, 6.07) is 18.1. The molecule has 2 N–H and O–H groups in total. The fourth-order valence-electron chi connectivity index (χ4n) is 3.10. The van der Waals surface area contributed by atoms with Crippen LogP contribution in [0.25, 0.3) is 0 Å². The van der Waals surface area contributed by atoms with Crippen LogP contribution in [-0.4, -0.2) is 12.6 Å². The monoisotopic (exact) mass is 266 g/mol. The lowest BCUT2D eigenvalue weighted by Crippen LogP contribution is -2.36. The molecule has 0 radical (unpaired) electrons. The number of nitrogens with one attached hydrogen (secondary N) is 2. The maximum atomic E-state index is 3.74. The lowest BCUT2D eigenvalue weighted by atomic mass is 9.94. The third-order valence-corrected chi connectivity index (χ3v) is 4.13. The average molecular weight is 266 g/mol. The fourth-order valence-corrected chi connectivity index (χ4v) is 3.10. The Labute approximate surface area is 121 Å². The van der Waals surface area contributed by atoms with Crippen LogP contribution in [0, 0.1) is 0 Å². The first-order valence-electron chi connectivity index (χ1n) is 7.45. The van der Waals surface area contributed by atoms with Gasteiger partial charge in [-0.25, -0.2) is 0 Å². The molecule has 0 fully saturated rings. The van der Waals surface area contributed by atoms with Crippen LogP contribution in [0.2, 0.25) is 0 Å². The molecule has 0 aromatic heterocycles. The molecule has 1 aliphatic rings. The number of fused-ring (bicyclic) bond motifs is 2. The Morgan fingerprint density at radius 2 is 1.80 bits per heavy atom. The van der Waals surface area contributed by atoms with Crippen molar-refractivity contribution < 1.29 is 0 Å². The van der Waals surface area contributed by atoms with Gasteiger partial charge in [0, 0.05) is 11.7 Å². The second-order valence-corrected chi connectivity index (χ2v) is 5.50. The largest absolute Gasteiger partial charge is 0.376 e. The van der Waals surface area contributed by atoms with Gasteiger partial charge in [0.2, 0.25) is 0 Å². The highest BCUT2D eigenvalue weighted by atomic mass is 15.0. The molecule has 2 nitrogen and oxygen atoms in total. The molecule has 0 amide bonds. The van der Waals surface area contributed by atoms with Gasteiger partial charge in [0.1, 0.15) is 0 Å². The topological polar surface area (TPSA) is 24.1 Å². The van der Waals surface area contributed by atoms with Gasteiger partial charge in [0.05, 0.1) is 6.04 Å². The first-order valence-corrected chi connectivity index (χ1v) is 7.45. The van der Waals surface area contributed by atoms with Gasteiger partial charge in [-0.2, -0.15) is 0 Å². The van der Waals surface area contributed by atoms with E-state index in [1.165, 1.54) is 22.4 Å². The smallest absolute Gasteiger partial charge is 0.0667 e. The first kappa shape index (κ1) is 13.2. The summed E-state index contributed by atoms with van der Waals surface area (Å²) in [5.74, 6) is 0. The van der Waals surface area contributed by atoms with Gasteiger partial charge < -0.3 is 10.6 Å². The highest BCUT2D eigenvalue weighted by Crippen LogP contribution is 2.33. The Morgan fingerprint density at radius 1 is 1.10 bits per heavy atom. The van der Waals surface area contributed by atoms with Crippen molar-refractivity contribution >= 4 is 5.69 Å². The van der Waals surface area contributed by atoms with Crippen molar-refractivity contribution in [2.45, 2.75) is 32.4 Å². The minimum absolute atomic E-state index is 0.315. The van der Waals surface area contributed by atoms with Gasteiger partial charge in [-0.05, 0) is 42.6 Å². The van der Waals surface area contributed by atoms with E-state index < -0.39 is 0 Å². The highest BCUT2D eigenvalue weighted by molar-refractivity contribution is 5.58. The first-order chi connectivity index (χ1) is 9.79. The van der Waals surface area contributed by atoms with E-state index in [-0.39, 0.29) is 0 Å². The van der Waals surface area contributed by atoms with E-state index in [9.17, 15) is 0 Å². The van der Waals surface area contributed by atoms with Crippen LogP contribution in [0.4, 0.5) is 5.69 Å². The summed E-state index contributed by atoms with van der Waals surface area (Å²) < 4.78 is 0. The zero-order chi connectivity index (χ0) is 13.9. The number of hydrogen-bond donors (Lipinski definition) is 2. The number of likely N-dealkylation sites (N-methyl/N-ethyl adjacent to an activating group) is 1. The van der Waals surface area contributed by atoms with Crippen LogP contribution in [-0.2, 0) is 6.42 Å². The molecule has 0 aliphatic carbocycles. The molecule has 2 aromatic carbocycles. The molecule has 2 aromatic rings. The number of benzene rings is 2. The van der Waals surface area contributed by atoms with Crippen molar-refractivity contribution in [2.24, 2.45) is 0 Å². The number of hydrogen-bond acceptors (Lipinski definition) is 2. The quantitative estimate of drug-likeness (QED) is 0.884. The van der Waals surface area contributed by atoms with Crippen LogP contribution in [0.3, 0.4) is 0 Å². The minimum Gasteiger partial charge on any atom is -0.376 e. The van der Waals surface area contributed by atoms with Gasteiger partial charge in [-0.1, -0.05) is 49.4 Å². The minimum atomic E-state index is 0.315. The average Bonchev–Trinajstić information content (AvgIpc) is 2.64. The summed E-state index contributed by atoms with van der Waals surface area (Å²) in [7, 11) is 0. The molecular weight excluding hydrogens is 244 g/mol. The molecule has 0 bridgehead atoms. The summed E-state index contributed by atoms with van der Waals surface area (Å²) in [5, 5.41) is 7.29. The molecule has 0 saturated carbocycles. The van der Waals surface area contributed by atoms with Crippen molar-refractivity contribution in [1.29, 1.82) is 0 Å². The van der Waals surface area contributed by atoms with Gasteiger partial charge in [-0.3, -0.25) is 0 Å². The molecule has 3 rings (SSSR count). The Morgan fingerprint density at radius 3 is 2.60 bits per heavy atom. The van der Waals surface area contributed by atoms with E-state index in [2.05, 4.69) is 73.0 Å². The van der Waals surface area contributed by atoms with Gasteiger partial charge in [0.25, 0.3) is 0 Å². The highest BCUT2D eigenvalue weighted by Gasteiger charge is 2.24. The van der Waals surface area contributed by atoms with Gasteiger partial charge in [0.15, 0.2) is 0 Å². The van der Waals surface area contributed by atoms with Crippen molar-refractivity contribution in [1.82, 2.24) is 5.32 Å². The van der Waals surface area contributed by atoms with Crippen molar-refractivity contribution in [3.63, 3.8) is 0 Å². The molecule has 1 aliphatic heterocycles. The summed E-state index contributed by atoms with van der Waals surface area (Å²) >= 11 is 0. The summed E-state index contributed by atoms with van der Waals surface area (Å²) in [6.45, 7) is 5.40. The summed E-state index contributed by atoms with van der Waals surface area (Å²) in [5.41, 5.74) is 5.49.